The Morgan fingerprint density at radius 1 is 0.593 bits per heavy atom. The minimum atomic E-state index is -3.72. The fraction of sp³-hybridized carbons (Fsp3) is 0. The Kier molecular flexibility index (Phi) is 4.52. The van der Waals surface area contributed by atoms with Gasteiger partial charge in [0.25, 0.3) is 0 Å². The van der Waals surface area contributed by atoms with Gasteiger partial charge in [-0.1, -0.05) is 60.7 Å². The number of azo groups is 1. The molecule has 4 aromatic rings. The minimum absolute atomic E-state index is 0.139. The average Bonchev–Trinajstić information content (AvgIpc) is 2.73. The predicted molar refractivity (Wildman–Crippen MR) is 106 cm³/mol. The predicted octanol–water partition coefficient (Wildman–Crippen LogP) is 6.09. The maximum atomic E-state index is 13.2. The summed E-state index contributed by atoms with van der Waals surface area (Å²) >= 11 is 0. The number of hydrogen-bond acceptors (Lipinski definition) is 4. The van der Waals surface area contributed by atoms with Crippen LogP contribution >= 0.6 is 0 Å². The molecular formula is C22H16N2O2S. The molecule has 0 aliphatic rings. The number of hydrogen-bond donors (Lipinski definition) is 0. The topological polar surface area (TPSA) is 58.9 Å². The van der Waals surface area contributed by atoms with E-state index in [0.29, 0.717) is 11.4 Å². The molecule has 0 bridgehead atoms. The molecule has 132 valence electrons. The number of fused-ring (bicyclic) bond motifs is 1. The van der Waals surface area contributed by atoms with Crippen molar-refractivity contribution in [1.29, 1.82) is 0 Å². The third kappa shape index (κ3) is 3.50. The summed E-state index contributed by atoms with van der Waals surface area (Å²) in [4.78, 5) is 0.378. The van der Waals surface area contributed by atoms with Crippen LogP contribution in [0.3, 0.4) is 0 Å². The van der Waals surface area contributed by atoms with Gasteiger partial charge in [-0.15, -0.1) is 5.11 Å². The molecule has 5 heteroatoms. The molecule has 4 rings (SSSR count). The zero-order chi connectivity index (χ0) is 18.7. The molecule has 0 radical (unpaired) electrons. The van der Waals surface area contributed by atoms with Crippen LogP contribution in [0.25, 0.3) is 10.8 Å². The van der Waals surface area contributed by atoms with Gasteiger partial charge in [0.05, 0.1) is 15.5 Å². The molecule has 0 aliphatic carbocycles. The van der Waals surface area contributed by atoms with Crippen molar-refractivity contribution in [1.82, 2.24) is 0 Å². The van der Waals surface area contributed by atoms with E-state index >= 15 is 0 Å². The van der Waals surface area contributed by atoms with Gasteiger partial charge in [0.15, 0.2) is 0 Å². The summed E-state index contributed by atoms with van der Waals surface area (Å²) in [7, 11) is -3.72. The molecule has 0 amide bonds. The lowest BCUT2D eigenvalue weighted by Gasteiger charge is -2.08. The number of sulfone groups is 1. The zero-order valence-electron chi connectivity index (χ0n) is 14.4. The Balaban J connectivity index is 1.78. The van der Waals surface area contributed by atoms with Crippen molar-refractivity contribution in [3.8, 4) is 0 Å². The first-order valence-corrected chi connectivity index (χ1v) is 9.93. The average molecular weight is 372 g/mol. The monoisotopic (exact) mass is 372 g/mol. The van der Waals surface area contributed by atoms with E-state index in [1.807, 2.05) is 60.7 Å². The summed E-state index contributed by atoms with van der Waals surface area (Å²) in [6, 6.07) is 28.7. The highest BCUT2D eigenvalue weighted by Crippen LogP contribution is 2.32. The standard InChI is InChI=1S/C22H16N2O2S/c25-27(26,20-15-14-17-8-4-5-9-18(17)16-20)22-13-7-6-12-21(22)24-23-19-10-2-1-3-11-19/h1-16H. The first kappa shape index (κ1) is 17.1. The highest BCUT2D eigenvalue weighted by Gasteiger charge is 2.21. The van der Waals surface area contributed by atoms with Crippen molar-refractivity contribution in [2.45, 2.75) is 9.79 Å². The molecule has 4 nitrogen and oxygen atoms in total. The van der Waals surface area contributed by atoms with E-state index in [0.717, 1.165) is 10.8 Å². The van der Waals surface area contributed by atoms with Crippen molar-refractivity contribution in [3.63, 3.8) is 0 Å². The van der Waals surface area contributed by atoms with E-state index < -0.39 is 9.84 Å². The number of rotatable bonds is 4. The first-order valence-electron chi connectivity index (χ1n) is 8.44. The van der Waals surface area contributed by atoms with Crippen molar-refractivity contribution in [3.05, 3.63) is 97.1 Å². The molecule has 0 N–H and O–H groups in total. The van der Waals surface area contributed by atoms with E-state index in [9.17, 15) is 8.42 Å². The Morgan fingerprint density at radius 3 is 2.07 bits per heavy atom. The van der Waals surface area contributed by atoms with Crippen molar-refractivity contribution in [2.75, 3.05) is 0 Å². The third-order valence-electron chi connectivity index (χ3n) is 4.22. The van der Waals surface area contributed by atoms with E-state index in [2.05, 4.69) is 10.2 Å². The summed E-state index contributed by atoms with van der Waals surface area (Å²) in [6.45, 7) is 0. The van der Waals surface area contributed by atoms with Crippen LogP contribution in [0.5, 0.6) is 0 Å². The van der Waals surface area contributed by atoms with E-state index in [1.54, 1.807) is 36.4 Å². The summed E-state index contributed by atoms with van der Waals surface area (Å²) < 4.78 is 26.4. The van der Waals surface area contributed by atoms with Gasteiger partial charge in [-0.25, -0.2) is 8.42 Å². The second-order valence-electron chi connectivity index (χ2n) is 6.02. The molecular weight excluding hydrogens is 356 g/mol. The normalized spacial score (nSPS) is 11.9. The van der Waals surface area contributed by atoms with Crippen LogP contribution in [-0.4, -0.2) is 8.42 Å². The fourth-order valence-corrected chi connectivity index (χ4v) is 4.26. The fourth-order valence-electron chi connectivity index (χ4n) is 2.83. The minimum Gasteiger partial charge on any atom is -0.218 e. The first-order chi connectivity index (χ1) is 13.1. The SMILES string of the molecule is O=S(=O)(c1ccc2ccccc2c1)c1ccccc1N=Nc1ccccc1. The van der Waals surface area contributed by atoms with Crippen molar-refractivity contribution < 1.29 is 8.42 Å². The molecule has 27 heavy (non-hydrogen) atoms. The maximum Gasteiger partial charge on any atom is 0.208 e. The van der Waals surface area contributed by atoms with Gasteiger partial charge in [0.1, 0.15) is 5.69 Å². The molecule has 0 aromatic heterocycles. The maximum absolute atomic E-state index is 13.2. The second-order valence-corrected chi connectivity index (χ2v) is 7.93. The smallest absolute Gasteiger partial charge is 0.208 e. The molecule has 0 atom stereocenters. The van der Waals surface area contributed by atoms with Crippen LogP contribution in [0.15, 0.2) is 117 Å². The molecule has 0 fully saturated rings. The summed E-state index contributed by atoms with van der Waals surface area (Å²) in [5, 5.41) is 10.2. The second kappa shape index (κ2) is 7.13. The van der Waals surface area contributed by atoms with Crippen LogP contribution in [0.1, 0.15) is 0 Å². The summed E-state index contributed by atoms with van der Waals surface area (Å²) in [6.07, 6.45) is 0. The lowest BCUT2D eigenvalue weighted by molar-refractivity contribution is 0.596. The molecule has 0 saturated carbocycles. The largest absolute Gasteiger partial charge is 0.218 e. The van der Waals surface area contributed by atoms with E-state index in [1.165, 1.54) is 0 Å². The molecule has 0 unspecified atom stereocenters. The van der Waals surface area contributed by atoms with Crippen LogP contribution in [0, 0.1) is 0 Å². The van der Waals surface area contributed by atoms with Crippen LogP contribution < -0.4 is 0 Å². The quantitative estimate of drug-likeness (QED) is 0.407. The van der Waals surface area contributed by atoms with E-state index in [-0.39, 0.29) is 9.79 Å². The van der Waals surface area contributed by atoms with Crippen LogP contribution in [0.4, 0.5) is 11.4 Å². The molecule has 4 aromatic carbocycles. The van der Waals surface area contributed by atoms with Crippen molar-refractivity contribution in [2.24, 2.45) is 10.2 Å². The van der Waals surface area contributed by atoms with Gasteiger partial charge < -0.3 is 0 Å². The Labute approximate surface area is 157 Å². The summed E-state index contributed by atoms with van der Waals surface area (Å²) in [5.41, 5.74) is 0.977. The Hall–Kier alpha value is -3.31. The van der Waals surface area contributed by atoms with Gasteiger partial charge in [-0.05, 0) is 47.2 Å². The van der Waals surface area contributed by atoms with E-state index in [4.69, 9.17) is 0 Å². The van der Waals surface area contributed by atoms with Gasteiger partial charge in [0, 0.05) is 0 Å². The number of nitrogens with zero attached hydrogens (tertiary/aromatic N) is 2. The Bertz CT molecular complexity index is 1230. The Morgan fingerprint density at radius 2 is 1.26 bits per heavy atom. The summed E-state index contributed by atoms with van der Waals surface area (Å²) in [5.74, 6) is 0. The highest BCUT2D eigenvalue weighted by molar-refractivity contribution is 7.91. The lowest BCUT2D eigenvalue weighted by atomic mass is 10.1. The van der Waals surface area contributed by atoms with Crippen LogP contribution in [-0.2, 0) is 9.84 Å². The van der Waals surface area contributed by atoms with Gasteiger partial charge in [-0.3, -0.25) is 0 Å². The third-order valence-corrected chi connectivity index (χ3v) is 6.01. The molecule has 0 heterocycles. The molecule has 0 spiro atoms. The molecule has 0 saturated heterocycles. The molecule has 0 aliphatic heterocycles. The zero-order valence-corrected chi connectivity index (χ0v) is 15.2. The van der Waals surface area contributed by atoms with Gasteiger partial charge in [0.2, 0.25) is 9.84 Å². The van der Waals surface area contributed by atoms with Gasteiger partial charge in [-0.2, -0.15) is 5.11 Å². The van der Waals surface area contributed by atoms with Crippen molar-refractivity contribution >= 4 is 32.0 Å². The highest BCUT2D eigenvalue weighted by atomic mass is 32.2. The van der Waals surface area contributed by atoms with Gasteiger partial charge >= 0.3 is 0 Å². The van der Waals surface area contributed by atoms with Crippen LogP contribution in [0.2, 0.25) is 0 Å². The lowest BCUT2D eigenvalue weighted by Crippen LogP contribution is -2.02. The number of benzene rings is 4.